The maximum atomic E-state index is 12.4. The SMILES string of the molecule is CS(=O)(=O)c1ncc(N)cc1C(F)(F)F. The highest BCUT2D eigenvalue weighted by Crippen LogP contribution is 2.33. The van der Waals surface area contributed by atoms with E-state index in [2.05, 4.69) is 4.98 Å². The molecule has 8 heteroatoms. The second kappa shape index (κ2) is 3.37. The third-order valence-electron chi connectivity index (χ3n) is 1.53. The van der Waals surface area contributed by atoms with E-state index in [1.165, 1.54) is 0 Å². The molecule has 1 aromatic heterocycles. The van der Waals surface area contributed by atoms with Crippen molar-refractivity contribution >= 4 is 15.5 Å². The van der Waals surface area contributed by atoms with Crippen molar-refractivity contribution in [1.82, 2.24) is 4.98 Å². The molecule has 0 saturated carbocycles. The standard InChI is InChI=1S/C7H7F3N2O2S/c1-15(13,14)6-5(7(8,9)10)2-4(11)3-12-6/h2-3H,11H2,1H3. The fraction of sp³-hybridized carbons (Fsp3) is 0.286. The van der Waals surface area contributed by atoms with Crippen molar-refractivity contribution in [1.29, 1.82) is 0 Å². The molecule has 0 unspecified atom stereocenters. The Morgan fingerprint density at radius 1 is 1.40 bits per heavy atom. The number of hydrogen-bond donors (Lipinski definition) is 1. The van der Waals surface area contributed by atoms with E-state index in [0.29, 0.717) is 12.3 Å². The van der Waals surface area contributed by atoms with E-state index in [1.807, 2.05) is 0 Å². The van der Waals surface area contributed by atoms with Crippen molar-refractivity contribution in [3.63, 3.8) is 0 Å². The first-order valence-corrected chi connectivity index (χ1v) is 5.54. The average Bonchev–Trinajstić information content (AvgIpc) is 2.00. The Hall–Kier alpha value is -1.31. The van der Waals surface area contributed by atoms with Gasteiger partial charge in [-0.2, -0.15) is 13.2 Å². The summed E-state index contributed by atoms with van der Waals surface area (Å²) >= 11 is 0. The lowest BCUT2D eigenvalue weighted by Gasteiger charge is -2.10. The van der Waals surface area contributed by atoms with Gasteiger partial charge in [0, 0.05) is 6.26 Å². The van der Waals surface area contributed by atoms with Gasteiger partial charge >= 0.3 is 6.18 Å². The first-order valence-electron chi connectivity index (χ1n) is 3.65. The average molecular weight is 240 g/mol. The number of nitrogen functional groups attached to an aromatic ring is 1. The number of sulfone groups is 1. The summed E-state index contributed by atoms with van der Waals surface area (Å²) in [4.78, 5) is 3.18. The van der Waals surface area contributed by atoms with Gasteiger partial charge in [0.05, 0.1) is 17.4 Å². The van der Waals surface area contributed by atoms with Crippen LogP contribution in [-0.2, 0) is 16.0 Å². The Kier molecular flexibility index (Phi) is 2.64. The predicted molar refractivity (Wildman–Crippen MR) is 46.8 cm³/mol. The van der Waals surface area contributed by atoms with Gasteiger partial charge in [-0.25, -0.2) is 13.4 Å². The molecule has 0 bridgehead atoms. The zero-order valence-corrected chi connectivity index (χ0v) is 8.35. The second-order valence-electron chi connectivity index (χ2n) is 2.89. The number of nitrogens with two attached hydrogens (primary N) is 1. The molecular weight excluding hydrogens is 233 g/mol. The van der Waals surface area contributed by atoms with Gasteiger partial charge in [-0.3, -0.25) is 0 Å². The first kappa shape index (κ1) is 11.8. The predicted octanol–water partition coefficient (Wildman–Crippen LogP) is 1.09. The fourth-order valence-corrected chi connectivity index (χ4v) is 1.79. The van der Waals surface area contributed by atoms with Crippen LogP contribution in [0.25, 0.3) is 0 Å². The number of anilines is 1. The zero-order chi connectivity index (χ0) is 11.9. The molecule has 0 spiro atoms. The van der Waals surface area contributed by atoms with Gasteiger partial charge in [0.2, 0.25) is 0 Å². The topological polar surface area (TPSA) is 73.0 Å². The molecule has 0 aromatic carbocycles. The summed E-state index contributed by atoms with van der Waals surface area (Å²) < 4.78 is 59.2. The van der Waals surface area contributed by atoms with Crippen LogP contribution in [0.1, 0.15) is 5.56 Å². The van der Waals surface area contributed by atoms with Crippen molar-refractivity contribution in [2.24, 2.45) is 0 Å². The van der Waals surface area contributed by atoms with E-state index in [0.717, 1.165) is 6.20 Å². The Morgan fingerprint density at radius 2 is 1.93 bits per heavy atom. The molecule has 2 N–H and O–H groups in total. The molecule has 1 rings (SSSR count). The molecular formula is C7H7F3N2O2S. The Bertz CT molecular complexity index is 481. The van der Waals surface area contributed by atoms with Gasteiger partial charge < -0.3 is 5.73 Å². The van der Waals surface area contributed by atoms with Crippen LogP contribution in [0.2, 0.25) is 0 Å². The van der Waals surface area contributed by atoms with E-state index < -0.39 is 26.6 Å². The van der Waals surface area contributed by atoms with Crippen LogP contribution in [0.3, 0.4) is 0 Å². The van der Waals surface area contributed by atoms with Crippen molar-refractivity contribution in [2.45, 2.75) is 11.2 Å². The Balaban J connectivity index is 3.55. The molecule has 0 fully saturated rings. The van der Waals surface area contributed by atoms with Gasteiger partial charge in [0.25, 0.3) is 0 Å². The highest BCUT2D eigenvalue weighted by molar-refractivity contribution is 7.90. The van der Waals surface area contributed by atoms with Crippen LogP contribution in [0, 0.1) is 0 Å². The molecule has 0 amide bonds. The summed E-state index contributed by atoms with van der Waals surface area (Å²) in [5, 5.41) is -1.01. The van der Waals surface area contributed by atoms with E-state index in [9.17, 15) is 21.6 Å². The van der Waals surface area contributed by atoms with Gasteiger partial charge in [-0.05, 0) is 6.07 Å². The lowest BCUT2D eigenvalue weighted by atomic mass is 10.2. The molecule has 0 radical (unpaired) electrons. The third-order valence-corrected chi connectivity index (χ3v) is 2.56. The van der Waals surface area contributed by atoms with Gasteiger partial charge in [0.15, 0.2) is 14.9 Å². The Labute approximate surface area is 83.8 Å². The highest BCUT2D eigenvalue weighted by atomic mass is 32.2. The summed E-state index contributed by atoms with van der Waals surface area (Å²) in [5.74, 6) is 0. The largest absolute Gasteiger partial charge is 0.419 e. The molecule has 4 nitrogen and oxygen atoms in total. The van der Waals surface area contributed by atoms with Crippen molar-refractivity contribution < 1.29 is 21.6 Å². The minimum Gasteiger partial charge on any atom is -0.397 e. The molecule has 84 valence electrons. The van der Waals surface area contributed by atoms with E-state index in [-0.39, 0.29) is 5.69 Å². The lowest BCUT2D eigenvalue weighted by molar-refractivity contribution is -0.140. The molecule has 1 heterocycles. The lowest BCUT2D eigenvalue weighted by Crippen LogP contribution is -2.14. The molecule has 0 aliphatic carbocycles. The molecule has 0 atom stereocenters. The van der Waals surface area contributed by atoms with Crippen LogP contribution >= 0.6 is 0 Å². The van der Waals surface area contributed by atoms with E-state index in [1.54, 1.807) is 0 Å². The minimum atomic E-state index is -4.79. The third kappa shape index (κ3) is 2.58. The summed E-state index contributed by atoms with van der Waals surface area (Å²) in [6.07, 6.45) is -3.27. The summed E-state index contributed by atoms with van der Waals surface area (Å²) in [7, 11) is -4.02. The number of rotatable bonds is 1. The number of hydrogen-bond acceptors (Lipinski definition) is 4. The normalized spacial score (nSPS) is 12.8. The maximum absolute atomic E-state index is 12.4. The van der Waals surface area contributed by atoms with Crippen LogP contribution in [0.5, 0.6) is 0 Å². The quantitative estimate of drug-likeness (QED) is 0.797. The second-order valence-corrected chi connectivity index (χ2v) is 4.82. The zero-order valence-electron chi connectivity index (χ0n) is 7.54. The van der Waals surface area contributed by atoms with Crippen LogP contribution in [-0.4, -0.2) is 19.7 Å². The molecule has 1 aromatic rings. The molecule has 0 saturated heterocycles. The smallest absolute Gasteiger partial charge is 0.397 e. The van der Waals surface area contributed by atoms with Gasteiger partial charge in [-0.1, -0.05) is 0 Å². The number of alkyl halides is 3. The van der Waals surface area contributed by atoms with Crippen LogP contribution in [0.4, 0.5) is 18.9 Å². The first-order chi connectivity index (χ1) is 6.62. The van der Waals surface area contributed by atoms with Crippen molar-refractivity contribution in [3.05, 3.63) is 17.8 Å². The molecule has 15 heavy (non-hydrogen) atoms. The van der Waals surface area contributed by atoms with Crippen LogP contribution in [0.15, 0.2) is 17.3 Å². The van der Waals surface area contributed by atoms with Crippen molar-refractivity contribution in [3.8, 4) is 0 Å². The number of aromatic nitrogens is 1. The van der Waals surface area contributed by atoms with Gasteiger partial charge in [0.1, 0.15) is 0 Å². The molecule has 0 aliphatic rings. The summed E-state index contributed by atoms with van der Waals surface area (Å²) in [5.41, 5.74) is 3.53. The van der Waals surface area contributed by atoms with Crippen LogP contribution < -0.4 is 5.73 Å². The minimum absolute atomic E-state index is 0.241. The summed E-state index contributed by atoms with van der Waals surface area (Å²) in [6.45, 7) is 0. The van der Waals surface area contributed by atoms with E-state index >= 15 is 0 Å². The number of nitrogens with zero attached hydrogens (tertiary/aromatic N) is 1. The Morgan fingerprint density at radius 3 is 2.33 bits per heavy atom. The highest BCUT2D eigenvalue weighted by Gasteiger charge is 2.37. The van der Waals surface area contributed by atoms with Crippen molar-refractivity contribution in [2.75, 3.05) is 12.0 Å². The summed E-state index contributed by atoms with van der Waals surface area (Å²) in [6, 6.07) is 0.545. The molecule has 0 aliphatic heterocycles. The monoisotopic (exact) mass is 240 g/mol. The van der Waals surface area contributed by atoms with Gasteiger partial charge in [-0.15, -0.1) is 0 Å². The fourth-order valence-electron chi connectivity index (χ4n) is 0.967. The van der Waals surface area contributed by atoms with E-state index in [4.69, 9.17) is 5.73 Å². The maximum Gasteiger partial charge on any atom is 0.419 e. The number of halogens is 3. The number of pyridine rings is 1.